The molecule has 0 rings (SSSR count). The molecule has 0 aliphatic heterocycles. The van der Waals surface area contributed by atoms with Crippen molar-refractivity contribution in [3.05, 3.63) is 75.9 Å². The third-order valence-corrected chi connectivity index (χ3v) is 5.11. The Balaban J connectivity index is 0. The zero-order valence-electron chi connectivity index (χ0n) is 19.9. The fourth-order valence-electron chi connectivity index (χ4n) is 3.61. The van der Waals surface area contributed by atoms with E-state index in [1.54, 1.807) is 0 Å². The Morgan fingerprint density at radius 3 is 1.00 bits per heavy atom. The first-order valence-corrected chi connectivity index (χ1v) is 11.0. The summed E-state index contributed by atoms with van der Waals surface area (Å²) in [5.74, 6) is -0.600. The molecule has 2 N–H and O–H groups in total. The van der Waals surface area contributed by atoms with E-state index in [9.17, 15) is 9.59 Å². The van der Waals surface area contributed by atoms with Crippen molar-refractivity contribution in [2.45, 2.75) is 58.8 Å². The van der Waals surface area contributed by atoms with Gasteiger partial charge in [-0.1, -0.05) is 50.3 Å². The molecule has 0 saturated heterocycles. The van der Waals surface area contributed by atoms with Gasteiger partial charge < -0.3 is 10.6 Å². The highest BCUT2D eigenvalue weighted by Gasteiger charge is 2.28. The first kappa shape index (κ1) is 30.6. The van der Waals surface area contributed by atoms with Crippen LogP contribution in [0.25, 0.3) is 0 Å². The second-order valence-electron chi connectivity index (χ2n) is 7.69. The van der Waals surface area contributed by atoms with Gasteiger partial charge in [0.2, 0.25) is 11.8 Å². The normalized spacial score (nSPS) is 10.5. The van der Waals surface area contributed by atoms with E-state index in [0.29, 0.717) is 13.1 Å². The Kier molecular flexibility index (Phi) is 17.9. The molecule has 0 atom stereocenters. The van der Waals surface area contributed by atoms with Crippen molar-refractivity contribution in [2.24, 2.45) is 10.8 Å². The second-order valence-corrected chi connectivity index (χ2v) is 7.69. The standard InChI is InChI=1S/C25H38N2O2.C2H6/c1-7-13-24(14-8-2,15-9-3)20-26-22(28)19-23(29)27-21-25(16-10-4,17-11-5)18-12-6;1-2/h7-12H,1-6,13-21H2,(H,26,28)(H,27,29);1-2H3. The number of rotatable bonds is 18. The van der Waals surface area contributed by atoms with Crippen molar-refractivity contribution in [3.8, 4) is 0 Å². The van der Waals surface area contributed by atoms with E-state index in [1.165, 1.54) is 0 Å². The molecule has 0 aromatic heterocycles. The SMILES string of the molecule is C=CCC(CC=C)(CC=C)CNC(=O)CC(=O)NCC(CC=C)(CC=C)CC=C.CC. The molecule has 2 amide bonds. The minimum absolute atomic E-state index is 0.204. The van der Waals surface area contributed by atoms with Crippen molar-refractivity contribution >= 4 is 11.8 Å². The molecule has 0 aromatic carbocycles. The van der Waals surface area contributed by atoms with Gasteiger partial charge in [-0.3, -0.25) is 9.59 Å². The predicted octanol–water partition coefficient (Wildman–Crippen LogP) is 6.06. The van der Waals surface area contributed by atoms with E-state index in [4.69, 9.17) is 0 Å². The van der Waals surface area contributed by atoms with Crippen molar-refractivity contribution in [3.63, 3.8) is 0 Å². The monoisotopic (exact) mass is 428 g/mol. The fourth-order valence-corrected chi connectivity index (χ4v) is 3.61. The van der Waals surface area contributed by atoms with Gasteiger partial charge >= 0.3 is 0 Å². The highest BCUT2D eigenvalue weighted by molar-refractivity contribution is 5.96. The molecule has 0 fully saturated rings. The van der Waals surface area contributed by atoms with Crippen LogP contribution in [0.15, 0.2) is 75.9 Å². The highest BCUT2D eigenvalue weighted by Crippen LogP contribution is 2.32. The smallest absolute Gasteiger partial charge is 0.229 e. The van der Waals surface area contributed by atoms with Crippen molar-refractivity contribution in [2.75, 3.05) is 13.1 Å². The van der Waals surface area contributed by atoms with E-state index in [-0.39, 0.29) is 29.1 Å². The van der Waals surface area contributed by atoms with E-state index in [0.717, 1.165) is 38.5 Å². The van der Waals surface area contributed by atoms with Gasteiger partial charge in [-0.15, -0.1) is 39.5 Å². The topological polar surface area (TPSA) is 58.2 Å². The van der Waals surface area contributed by atoms with Crippen molar-refractivity contribution < 1.29 is 9.59 Å². The number of hydrogen-bond acceptors (Lipinski definition) is 2. The zero-order valence-corrected chi connectivity index (χ0v) is 19.9. The number of carbonyl (C=O) groups excluding carboxylic acids is 2. The quantitative estimate of drug-likeness (QED) is 0.206. The zero-order chi connectivity index (χ0) is 24.2. The van der Waals surface area contributed by atoms with Crippen LogP contribution in [0.2, 0.25) is 0 Å². The molecule has 0 aliphatic carbocycles. The lowest BCUT2D eigenvalue weighted by Gasteiger charge is -2.32. The number of carbonyl (C=O) groups is 2. The lowest BCUT2D eigenvalue weighted by molar-refractivity contribution is -0.129. The van der Waals surface area contributed by atoms with Gasteiger partial charge in [0.15, 0.2) is 0 Å². The van der Waals surface area contributed by atoms with Gasteiger partial charge in [0, 0.05) is 13.1 Å². The summed E-state index contributed by atoms with van der Waals surface area (Å²) in [6.07, 6.45) is 15.2. The summed E-state index contributed by atoms with van der Waals surface area (Å²) in [4.78, 5) is 24.6. The Hall–Kier alpha value is -2.62. The summed E-state index contributed by atoms with van der Waals surface area (Å²) < 4.78 is 0. The van der Waals surface area contributed by atoms with Crippen LogP contribution in [0.1, 0.15) is 58.8 Å². The average Bonchev–Trinajstić information content (AvgIpc) is 2.73. The van der Waals surface area contributed by atoms with Gasteiger partial charge in [-0.2, -0.15) is 0 Å². The van der Waals surface area contributed by atoms with Gasteiger partial charge in [-0.05, 0) is 49.4 Å². The fraction of sp³-hybridized carbons (Fsp3) is 0.481. The van der Waals surface area contributed by atoms with E-state index in [1.807, 2.05) is 50.3 Å². The van der Waals surface area contributed by atoms with Crippen molar-refractivity contribution in [1.82, 2.24) is 10.6 Å². The molecule has 0 bridgehead atoms. The average molecular weight is 429 g/mol. The number of hydrogen-bond donors (Lipinski definition) is 2. The van der Waals surface area contributed by atoms with Crippen LogP contribution in [0, 0.1) is 10.8 Å². The molecule has 0 aliphatic rings. The summed E-state index contributed by atoms with van der Waals surface area (Å²) in [7, 11) is 0. The Labute approximate surface area is 191 Å². The number of nitrogens with one attached hydrogen (secondary N) is 2. The van der Waals surface area contributed by atoms with Gasteiger partial charge in [-0.25, -0.2) is 0 Å². The number of amides is 2. The molecule has 0 aromatic rings. The maximum absolute atomic E-state index is 12.3. The molecule has 0 heterocycles. The predicted molar refractivity (Wildman–Crippen MR) is 136 cm³/mol. The second kappa shape index (κ2) is 18.2. The van der Waals surface area contributed by atoms with Crippen LogP contribution in [-0.2, 0) is 9.59 Å². The third-order valence-electron chi connectivity index (χ3n) is 5.11. The van der Waals surface area contributed by atoms with Crippen LogP contribution in [-0.4, -0.2) is 24.9 Å². The van der Waals surface area contributed by atoms with Crippen LogP contribution in [0.3, 0.4) is 0 Å². The summed E-state index contributed by atoms with van der Waals surface area (Å²) in [6, 6.07) is 0. The van der Waals surface area contributed by atoms with Gasteiger partial charge in [0.25, 0.3) is 0 Å². The molecule has 4 nitrogen and oxygen atoms in total. The molecule has 0 radical (unpaired) electrons. The minimum atomic E-state index is -0.300. The summed E-state index contributed by atoms with van der Waals surface area (Å²) >= 11 is 0. The Morgan fingerprint density at radius 2 is 0.806 bits per heavy atom. The molecular weight excluding hydrogens is 384 g/mol. The lowest BCUT2D eigenvalue weighted by atomic mass is 9.78. The molecule has 31 heavy (non-hydrogen) atoms. The van der Waals surface area contributed by atoms with E-state index < -0.39 is 0 Å². The van der Waals surface area contributed by atoms with Crippen LogP contribution in [0.4, 0.5) is 0 Å². The van der Waals surface area contributed by atoms with Crippen molar-refractivity contribution in [1.29, 1.82) is 0 Å². The summed E-state index contributed by atoms with van der Waals surface area (Å²) in [6.45, 7) is 27.8. The lowest BCUT2D eigenvalue weighted by Crippen LogP contribution is -2.41. The highest BCUT2D eigenvalue weighted by atomic mass is 16.2. The van der Waals surface area contributed by atoms with Gasteiger partial charge in [0.1, 0.15) is 6.42 Å². The largest absolute Gasteiger partial charge is 0.355 e. The third kappa shape index (κ3) is 12.6. The van der Waals surface area contributed by atoms with E-state index >= 15 is 0 Å². The Morgan fingerprint density at radius 1 is 0.581 bits per heavy atom. The Bertz CT molecular complexity index is 499. The molecule has 0 unspecified atom stereocenters. The molecule has 174 valence electrons. The molecule has 4 heteroatoms. The molecular formula is C27H44N2O2. The van der Waals surface area contributed by atoms with Crippen LogP contribution >= 0.6 is 0 Å². The first-order chi connectivity index (χ1) is 14.9. The van der Waals surface area contributed by atoms with Gasteiger partial charge in [0.05, 0.1) is 0 Å². The minimum Gasteiger partial charge on any atom is -0.355 e. The molecule has 0 saturated carbocycles. The first-order valence-electron chi connectivity index (χ1n) is 11.0. The maximum atomic E-state index is 12.3. The number of allylic oxidation sites excluding steroid dienone is 6. The summed E-state index contributed by atoms with van der Waals surface area (Å²) in [5.41, 5.74) is -0.408. The summed E-state index contributed by atoms with van der Waals surface area (Å²) in [5, 5.41) is 5.78. The van der Waals surface area contributed by atoms with E-state index in [2.05, 4.69) is 50.1 Å². The van der Waals surface area contributed by atoms with Crippen LogP contribution in [0.5, 0.6) is 0 Å². The van der Waals surface area contributed by atoms with Crippen LogP contribution < -0.4 is 10.6 Å². The molecule has 0 spiro atoms. The maximum Gasteiger partial charge on any atom is 0.229 e.